The lowest BCUT2D eigenvalue weighted by molar-refractivity contribution is -0.291. The first-order chi connectivity index (χ1) is 4.67. The zero-order valence-electron chi connectivity index (χ0n) is 5.58. The lowest BCUT2D eigenvalue weighted by atomic mass is 10.1. The van der Waals surface area contributed by atoms with E-state index in [1.165, 1.54) is 0 Å². The summed E-state index contributed by atoms with van der Waals surface area (Å²) in [5.74, 6) is -4.85. The second kappa shape index (κ2) is 2.92. The first kappa shape index (κ1) is 10.6. The maximum absolute atomic E-state index is 11.9. The number of halogens is 5. The Morgan fingerprint density at radius 1 is 1.18 bits per heavy atom. The average molecular weight is 177 g/mol. The molecule has 0 aliphatic heterocycles. The van der Waals surface area contributed by atoms with E-state index in [1.807, 2.05) is 0 Å². The van der Waals surface area contributed by atoms with Gasteiger partial charge in [0.05, 0.1) is 6.10 Å². The number of hydrogen-bond acceptors (Lipinski definition) is 0. The van der Waals surface area contributed by atoms with E-state index in [2.05, 4.69) is 0 Å². The van der Waals surface area contributed by atoms with Crippen LogP contribution in [0.4, 0.5) is 22.0 Å². The average Bonchev–Trinajstić information content (AvgIpc) is 1.56. The van der Waals surface area contributed by atoms with Crippen molar-refractivity contribution in [1.82, 2.24) is 0 Å². The van der Waals surface area contributed by atoms with Crippen LogP contribution < -0.4 is 0 Å². The van der Waals surface area contributed by atoms with Gasteiger partial charge in [0.15, 0.2) is 0 Å². The van der Waals surface area contributed by atoms with Gasteiger partial charge in [-0.2, -0.15) is 22.0 Å². The summed E-state index contributed by atoms with van der Waals surface area (Å²) in [5, 5.41) is 10.0. The lowest BCUT2D eigenvalue weighted by Crippen LogP contribution is -2.38. The molecule has 1 nitrogen and oxygen atoms in total. The first-order valence-electron chi connectivity index (χ1n) is 2.77. The molecule has 0 amide bonds. The van der Waals surface area contributed by atoms with Gasteiger partial charge in [-0.05, 0) is 6.92 Å². The molecule has 6 heteroatoms. The van der Waals surface area contributed by atoms with Gasteiger partial charge >= 0.3 is 12.1 Å². The van der Waals surface area contributed by atoms with Crippen molar-refractivity contribution >= 4 is 0 Å². The Labute approximate surface area is 59.8 Å². The standard InChI is InChI=1S/C5H6F5O/c1-3(11)2-4(6,7)5(8,9)10/h3H,2H2,1H3. The minimum atomic E-state index is -5.61. The molecule has 0 aromatic carbocycles. The fraction of sp³-hybridized carbons (Fsp3) is 1.00. The third kappa shape index (κ3) is 3.00. The van der Waals surface area contributed by atoms with Crippen LogP contribution in [0.5, 0.6) is 0 Å². The summed E-state index contributed by atoms with van der Waals surface area (Å²) in [6.45, 7) is 0.764. The van der Waals surface area contributed by atoms with E-state index in [4.69, 9.17) is 0 Å². The molecule has 0 aromatic heterocycles. The van der Waals surface area contributed by atoms with Crippen molar-refractivity contribution in [2.75, 3.05) is 0 Å². The topological polar surface area (TPSA) is 19.9 Å². The first-order valence-corrected chi connectivity index (χ1v) is 2.77. The van der Waals surface area contributed by atoms with Crippen molar-refractivity contribution in [3.05, 3.63) is 0 Å². The largest absolute Gasteiger partial charge is 0.453 e. The summed E-state index contributed by atoms with van der Waals surface area (Å²) in [4.78, 5) is 0. The van der Waals surface area contributed by atoms with Gasteiger partial charge in [-0.1, -0.05) is 0 Å². The highest BCUT2D eigenvalue weighted by atomic mass is 19.4. The van der Waals surface area contributed by atoms with Crippen molar-refractivity contribution in [2.45, 2.75) is 31.5 Å². The third-order valence-electron chi connectivity index (χ3n) is 0.959. The molecule has 0 fully saturated rings. The van der Waals surface area contributed by atoms with Gasteiger partial charge in [-0.15, -0.1) is 0 Å². The van der Waals surface area contributed by atoms with Gasteiger partial charge in [0.2, 0.25) is 0 Å². The molecular formula is C5H6F5O. The fourth-order valence-electron chi connectivity index (χ4n) is 0.477. The van der Waals surface area contributed by atoms with Crippen LogP contribution in [0.2, 0.25) is 0 Å². The molecule has 0 saturated heterocycles. The summed E-state index contributed by atoms with van der Waals surface area (Å²) in [5.41, 5.74) is 0. The van der Waals surface area contributed by atoms with Gasteiger partial charge in [0, 0.05) is 6.42 Å². The molecule has 0 aliphatic rings. The molecule has 0 saturated carbocycles. The molecule has 0 spiro atoms. The zero-order valence-corrected chi connectivity index (χ0v) is 5.58. The van der Waals surface area contributed by atoms with E-state index >= 15 is 0 Å². The van der Waals surface area contributed by atoms with Crippen molar-refractivity contribution in [1.29, 1.82) is 0 Å². The molecular weight excluding hydrogens is 171 g/mol. The fourth-order valence-corrected chi connectivity index (χ4v) is 0.477. The van der Waals surface area contributed by atoms with Gasteiger partial charge in [0.25, 0.3) is 0 Å². The van der Waals surface area contributed by atoms with Crippen LogP contribution >= 0.6 is 0 Å². The monoisotopic (exact) mass is 177 g/mol. The van der Waals surface area contributed by atoms with Crippen LogP contribution in [0.15, 0.2) is 0 Å². The van der Waals surface area contributed by atoms with E-state index < -0.39 is 24.6 Å². The van der Waals surface area contributed by atoms with Gasteiger partial charge < -0.3 is 0 Å². The van der Waals surface area contributed by atoms with E-state index in [0.717, 1.165) is 6.92 Å². The molecule has 11 heavy (non-hydrogen) atoms. The maximum Gasteiger partial charge on any atom is 0.453 e. The molecule has 0 bridgehead atoms. The molecule has 0 heterocycles. The van der Waals surface area contributed by atoms with E-state index in [0.29, 0.717) is 0 Å². The van der Waals surface area contributed by atoms with Crippen molar-refractivity contribution in [3.63, 3.8) is 0 Å². The Hall–Kier alpha value is -0.390. The van der Waals surface area contributed by atoms with Crippen LogP contribution in [-0.4, -0.2) is 18.2 Å². The molecule has 1 unspecified atom stereocenters. The highest BCUT2D eigenvalue weighted by molar-refractivity contribution is 4.77. The predicted molar refractivity (Wildman–Crippen MR) is 25.8 cm³/mol. The van der Waals surface area contributed by atoms with Crippen molar-refractivity contribution < 1.29 is 27.1 Å². The summed E-state index contributed by atoms with van der Waals surface area (Å²) in [7, 11) is 0. The summed E-state index contributed by atoms with van der Waals surface area (Å²) >= 11 is 0. The molecule has 0 N–H and O–H groups in total. The van der Waals surface area contributed by atoms with Crippen molar-refractivity contribution in [3.8, 4) is 0 Å². The van der Waals surface area contributed by atoms with E-state index in [-0.39, 0.29) is 0 Å². The Morgan fingerprint density at radius 3 is 1.64 bits per heavy atom. The Morgan fingerprint density at radius 2 is 1.55 bits per heavy atom. The SMILES string of the molecule is CC([O])CC(F)(F)C(F)(F)F. The van der Waals surface area contributed by atoms with Gasteiger partial charge in [0.1, 0.15) is 0 Å². The number of alkyl halides is 5. The zero-order chi connectivity index (χ0) is 9.28. The molecule has 0 rings (SSSR count). The maximum atomic E-state index is 11.9. The minimum absolute atomic E-state index is 0.764. The normalized spacial score (nSPS) is 16.6. The number of hydrogen-bond donors (Lipinski definition) is 0. The summed E-state index contributed by atoms with van der Waals surface area (Å²) in [6, 6.07) is 0. The van der Waals surface area contributed by atoms with E-state index in [1.54, 1.807) is 0 Å². The third-order valence-corrected chi connectivity index (χ3v) is 0.959. The summed E-state index contributed by atoms with van der Waals surface area (Å²) in [6.07, 6.45) is -9.21. The highest BCUT2D eigenvalue weighted by Gasteiger charge is 2.57. The van der Waals surface area contributed by atoms with Crippen LogP contribution in [-0.2, 0) is 5.11 Å². The van der Waals surface area contributed by atoms with Gasteiger partial charge in [-0.25, -0.2) is 5.11 Å². The van der Waals surface area contributed by atoms with Crippen LogP contribution in [0.3, 0.4) is 0 Å². The quantitative estimate of drug-likeness (QED) is 0.577. The Kier molecular flexibility index (Phi) is 2.82. The predicted octanol–water partition coefficient (Wildman–Crippen LogP) is 2.39. The molecule has 67 valence electrons. The molecule has 0 aromatic rings. The van der Waals surface area contributed by atoms with E-state index in [9.17, 15) is 27.1 Å². The summed E-state index contributed by atoms with van der Waals surface area (Å²) < 4.78 is 57.6. The van der Waals surface area contributed by atoms with Gasteiger partial charge in [-0.3, -0.25) is 0 Å². The van der Waals surface area contributed by atoms with Crippen LogP contribution in [0.1, 0.15) is 13.3 Å². The van der Waals surface area contributed by atoms with Crippen molar-refractivity contribution in [2.24, 2.45) is 0 Å². The lowest BCUT2D eigenvalue weighted by Gasteiger charge is -2.19. The van der Waals surface area contributed by atoms with Crippen LogP contribution in [0.25, 0.3) is 0 Å². The molecule has 1 atom stereocenters. The second-order valence-corrected chi connectivity index (χ2v) is 2.22. The van der Waals surface area contributed by atoms with Crippen LogP contribution in [0, 0.1) is 0 Å². The minimum Gasteiger partial charge on any atom is -0.233 e. The Balaban J connectivity index is 4.22. The molecule has 1 radical (unpaired) electrons. The molecule has 0 aliphatic carbocycles. The smallest absolute Gasteiger partial charge is 0.233 e. The number of rotatable bonds is 2. The Bertz CT molecular complexity index is 127. The highest BCUT2D eigenvalue weighted by Crippen LogP contribution is 2.38. The second-order valence-electron chi connectivity index (χ2n) is 2.22.